The summed E-state index contributed by atoms with van der Waals surface area (Å²) in [6.45, 7) is 3.99. The smallest absolute Gasteiger partial charge is 0.338 e. The Labute approximate surface area is 222 Å². The summed E-state index contributed by atoms with van der Waals surface area (Å²) in [6.07, 6.45) is 3.06. The fourth-order valence-corrected chi connectivity index (χ4v) is 5.68. The molecule has 0 bridgehead atoms. The van der Waals surface area contributed by atoms with E-state index in [0.29, 0.717) is 44.1 Å². The van der Waals surface area contributed by atoms with Gasteiger partial charge in [-0.3, -0.25) is 9.36 Å². The Bertz CT molecular complexity index is 1450. The molecule has 1 atom stereocenters. The molecule has 2 aromatic heterocycles. The van der Waals surface area contributed by atoms with Gasteiger partial charge in [0.2, 0.25) is 0 Å². The number of furan rings is 1. The molecule has 10 heteroatoms. The summed E-state index contributed by atoms with van der Waals surface area (Å²) in [6, 6.07) is 8.42. The fraction of sp³-hybridized carbons (Fsp3) is 0.292. The standard InChI is InChI=1S/C24H22BrIN2O5S/c1-4-6-16-20(23(30)32-5-2)21(15-11-13(25)7-9-17(15)31-3)28-22(29)18(34-24(28)27-16)12-14-8-10-19(26)33-14/h7-12,21H,4-6H2,1-3H3/b18-12+/t21-/m1/s1. The zero-order valence-electron chi connectivity index (χ0n) is 18.8. The Morgan fingerprint density at radius 3 is 2.76 bits per heavy atom. The van der Waals surface area contributed by atoms with Crippen LogP contribution < -0.4 is 19.6 Å². The second-order valence-corrected chi connectivity index (χ2v) is 10.4. The molecule has 3 heterocycles. The van der Waals surface area contributed by atoms with Crippen molar-refractivity contribution in [1.29, 1.82) is 0 Å². The predicted octanol–water partition coefficient (Wildman–Crippen LogP) is 4.55. The lowest BCUT2D eigenvalue weighted by Crippen LogP contribution is -2.40. The molecular formula is C24H22BrIN2O5S. The summed E-state index contributed by atoms with van der Waals surface area (Å²) in [5.74, 6) is 0.643. The first-order valence-corrected chi connectivity index (χ1v) is 13.4. The number of nitrogens with zero attached hydrogens (tertiary/aromatic N) is 2. The van der Waals surface area contributed by atoms with E-state index in [1.807, 2.05) is 31.2 Å². The van der Waals surface area contributed by atoms with Crippen LogP contribution in [0, 0.1) is 3.77 Å². The molecule has 178 valence electrons. The SMILES string of the molecule is CCCC1=C(C(=O)OCC)[C@@H](c2cc(Br)ccc2OC)n2c(s/c(=C/c3ccc(I)o3)c2=O)=N1. The number of rotatable bonds is 7. The average molecular weight is 657 g/mol. The first-order valence-electron chi connectivity index (χ1n) is 10.7. The maximum atomic E-state index is 13.7. The number of esters is 1. The molecule has 1 aliphatic heterocycles. The van der Waals surface area contributed by atoms with Gasteiger partial charge in [-0.15, -0.1) is 0 Å². The van der Waals surface area contributed by atoms with Crippen LogP contribution in [0.25, 0.3) is 6.08 Å². The monoisotopic (exact) mass is 656 g/mol. The molecule has 0 aliphatic carbocycles. The van der Waals surface area contributed by atoms with Gasteiger partial charge in [0.05, 0.1) is 29.5 Å². The summed E-state index contributed by atoms with van der Waals surface area (Å²) in [5.41, 5.74) is 1.38. The Morgan fingerprint density at radius 2 is 2.12 bits per heavy atom. The summed E-state index contributed by atoms with van der Waals surface area (Å²) in [4.78, 5) is 32.2. The number of benzene rings is 1. The molecule has 4 rings (SSSR count). The number of ether oxygens (including phenoxy) is 2. The van der Waals surface area contributed by atoms with E-state index in [9.17, 15) is 9.59 Å². The highest BCUT2D eigenvalue weighted by molar-refractivity contribution is 14.1. The van der Waals surface area contributed by atoms with Crippen LogP contribution in [0.5, 0.6) is 5.75 Å². The van der Waals surface area contributed by atoms with Crippen LogP contribution in [0.1, 0.15) is 44.1 Å². The number of carbonyl (C=O) groups is 1. The van der Waals surface area contributed by atoms with E-state index in [2.05, 4.69) is 38.5 Å². The van der Waals surface area contributed by atoms with Gasteiger partial charge < -0.3 is 13.9 Å². The Balaban J connectivity index is 2.05. The zero-order valence-corrected chi connectivity index (χ0v) is 23.3. The minimum absolute atomic E-state index is 0.214. The molecule has 0 spiro atoms. The van der Waals surface area contributed by atoms with E-state index < -0.39 is 12.0 Å². The number of halogens is 2. The molecule has 34 heavy (non-hydrogen) atoms. The first kappa shape index (κ1) is 24.9. The van der Waals surface area contributed by atoms with E-state index >= 15 is 0 Å². The highest BCUT2D eigenvalue weighted by Crippen LogP contribution is 2.38. The molecule has 0 amide bonds. The van der Waals surface area contributed by atoms with E-state index in [1.54, 1.807) is 30.7 Å². The molecule has 3 aromatic rings. The normalized spacial score (nSPS) is 15.8. The third-order valence-corrected chi connectivity index (χ3v) is 7.30. The highest BCUT2D eigenvalue weighted by Gasteiger charge is 2.36. The highest BCUT2D eigenvalue weighted by atomic mass is 127. The van der Waals surface area contributed by atoms with E-state index in [0.717, 1.165) is 14.7 Å². The molecule has 0 unspecified atom stereocenters. The van der Waals surface area contributed by atoms with Crippen molar-refractivity contribution in [3.63, 3.8) is 0 Å². The van der Waals surface area contributed by atoms with Crippen molar-refractivity contribution in [2.24, 2.45) is 4.99 Å². The quantitative estimate of drug-likeness (QED) is 0.275. The maximum Gasteiger partial charge on any atom is 0.338 e. The van der Waals surface area contributed by atoms with E-state index in [4.69, 9.17) is 18.9 Å². The summed E-state index contributed by atoms with van der Waals surface area (Å²) in [7, 11) is 1.57. The van der Waals surface area contributed by atoms with Crippen molar-refractivity contribution in [2.45, 2.75) is 32.7 Å². The van der Waals surface area contributed by atoms with Crippen molar-refractivity contribution < 1.29 is 18.7 Å². The van der Waals surface area contributed by atoms with Crippen molar-refractivity contribution in [2.75, 3.05) is 13.7 Å². The van der Waals surface area contributed by atoms with Gasteiger partial charge in [-0.05, 0) is 66.3 Å². The molecule has 0 saturated heterocycles. The number of hydrogen-bond acceptors (Lipinski definition) is 7. The number of fused-ring (bicyclic) bond motifs is 1. The van der Waals surface area contributed by atoms with E-state index in [1.165, 1.54) is 11.3 Å². The molecule has 0 fully saturated rings. The maximum absolute atomic E-state index is 13.7. The number of thiazole rings is 1. The van der Waals surface area contributed by atoms with Gasteiger partial charge in [-0.2, -0.15) is 0 Å². The van der Waals surface area contributed by atoms with Crippen LogP contribution in [0.2, 0.25) is 0 Å². The first-order chi connectivity index (χ1) is 16.4. The second kappa shape index (κ2) is 10.6. The molecule has 7 nitrogen and oxygen atoms in total. The summed E-state index contributed by atoms with van der Waals surface area (Å²) < 4.78 is 20.2. The third-order valence-electron chi connectivity index (χ3n) is 5.25. The molecule has 0 N–H and O–H groups in total. The minimum Gasteiger partial charge on any atom is -0.496 e. The van der Waals surface area contributed by atoms with Crippen molar-refractivity contribution in [1.82, 2.24) is 4.57 Å². The van der Waals surface area contributed by atoms with Crippen molar-refractivity contribution >= 4 is 61.9 Å². The molecular weight excluding hydrogens is 635 g/mol. The molecule has 1 aromatic carbocycles. The van der Waals surface area contributed by atoms with Crippen molar-refractivity contribution in [3.05, 3.63) is 80.9 Å². The number of carbonyl (C=O) groups excluding carboxylic acids is 1. The second-order valence-electron chi connectivity index (χ2n) is 7.44. The number of allylic oxidation sites excluding steroid dienone is 1. The Kier molecular flexibility index (Phi) is 7.78. The van der Waals surface area contributed by atoms with Gasteiger partial charge in [-0.1, -0.05) is 40.6 Å². The Hall–Kier alpha value is -2.18. The Morgan fingerprint density at radius 1 is 1.32 bits per heavy atom. The summed E-state index contributed by atoms with van der Waals surface area (Å²) >= 11 is 6.86. The fourth-order valence-electron chi connectivity index (χ4n) is 3.87. The van der Waals surface area contributed by atoms with Crippen LogP contribution in [-0.2, 0) is 9.53 Å². The third kappa shape index (κ3) is 4.80. The van der Waals surface area contributed by atoms with Crippen LogP contribution in [0.4, 0.5) is 0 Å². The largest absolute Gasteiger partial charge is 0.496 e. The van der Waals surface area contributed by atoms with Gasteiger partial charge in [-0.25, -0.2) is 9.79 Å². The number of aromatic nitrogens is 1. The van der Waals surface area contributed by atoms with Crippen molar-refractivity contribution in [3.8, 4) is 5.75 Å². The van der Waals surface area contributed by atoms with Gasteiger partial charge in [0.25, 0.3) is 5.56 Å². The van der Waals surface area contributed by atoms with E-state index in [-0.39, 0.29) is 12.2 Å². The lowest BCUT2D eigenvalue weighted by atomic mass is 9.93. The lowest BCUT2D eigenvalue weighted by molar-refractivity contribution is -0.139. The molecule has 0 radical (unpaired) electrons. The minimum atomic E-state index is -0.747. The number of hydrogen-bond donors (Lipinski definition) is 0. The average Bonchev–Trinajstić information content (AvgIpc) is 3.35. The molecule has 1 aliphatic rings. The van der Waals surface area contributed by atoms with Crippen LogP contribution in [0.15, 0.2) is 60.3 Å². The topological polar surface area (TPSA) is 83.0 Å². The number of methoxy groups -OCH3 is 1. The van der Waals surface area contributed by atoms with Crippen LogP contribution >= 0.6 is 49.9 Å². The van der Waals surface area contributed by atoms with Crippen LogP contribution in [-0.4, -0.2) is 24.3 Å². The van der Waals surface area contributed by atoms with Gasteiger partial charge >= 0.3 is 5.97 Å². The lowest BCUT2D eigenvalue weighted by Gasteiger charge is -2.27. The van der Waals surface area contributed by atoms with Gasteiger partial charge in [0.1, 0.15) is 17.6 Å². The van der Waals surface area contributed by atoms with Gasteiger partial charge in [0, 0.05) is 16.1 Å². The van der Waals surface area contributed by atoms with Gasteiger partial charge in [0.15, 0.2) is 8.57 Å². The zero-order chi connectivity index (χ0) is 24.4. The van der Waals surface area contributed by atoms with Crippen LogP contribution in [0.3, 0.4) is 0 Å². The molecule has 0 saturated carbocycles. The predicted molar refractivity (Wildman–Crippen MR) is 142 cm³/mol. The summed E-state index contributed by atoms with van der Waals surface area (Å²) in [5, 5.41) is 0.